The lowest BCUT2D eigenvalue weighted by Gasteiger charge is -2.07. The van der Waals surface area contributed by atoms with E-state index in [0.29, 0.717) is 48.4 Å². The molecule has 0 bridgehead atoms. The standard InChI is InChI=1S/C19H22N4O4S/c1-3-26-15(24)12-28-18-16-17(20-13-21-18)19(23(2)22-16)27-10-9-25-11-14-7-5-4-6-8-14/h4-8,13H,3,9-12H2,1-2H3. The summed E-state index contributed by atoms with van der Waals surface area (Å²) in [7, 11) is 1.78. The molecular formula is C19H22N4O4S. The highest BCUT2D eigenvalue weighted by Gasteiger charge is 2.17. The molecule has 0 aliphatic heterocycles. The smallest absolute Gasteiger partial charge is 0.316 e. The molecule has 0 amide bonds. The van der Waals surface area contributed by atoms with Crippen molar-refractivity contribution in [1.82, 2.24) is 19.7 Å². The molecule has 1 aromatic carbocycles. The van der Waals surface area contributed by atoms with Crippen LogP contribution in [-0.4, -0.2) is 51.3 Å². The molecule has 0 radical (unpaired) electrons. The number of esters is 1. The molecule has 9 heteroatoms. The fourth-order valence-corrected chi connectivity index (χ4v) is 3.25. The molecule has 8 nitrogen and oxygen atoms in total. The van der Waals surface area contributed by atoms with Crippen LogP contribution < -0.4 is 4.74 Å². The topological polar surface area (TPSA) is 88.4 Å². The summed E-state index contributed by atoms with van der Waals surface area (Å²) >= 11 is 1.27. The number of rotatable bonds is 10. The Morgan fingerprint density at radius 1 is 1.14 bits per heavy atom. The Hall–Kier alpha value is -2.65. The number of nitrogens with zero attached hydrogens (tertiary/aromatic N) is 4. The number of hydrogen-bond acceptors (Lipinski definition) is 8. The molecule has 0 saturated heterocycles. The molecule has 28 heavy (non-hydrogen) atoms. The van der Waals surface area contributed by atoms with E-state index in [-0.39, 0.29) is 11.7 Å². The van der Waals surface area contributed by atoms with Crippen molar-refractivity contribution in [2.45, 2.75) is 18.6 Å². The zero-order valence-corrected chi connectivity index (χ0v) is 16.6. The maximum atomic E-state index is 11.6. The Balaban J connectivity index is 1.58. The van der Waals surface area contributed by atoms with Gasteiger partial charge in [0, 0.05) is 7.05 Å². The Morgan fingerprint density at radius 2 is 1.96 bits per heavy atom. The second-order valence-electron chi connectivity index (χ2n) is 5.79. The maximum Gasteiger partial charge on any atom is 0.316 e. The fraction of sp³-hybridized carbons (Fsp3) is 0.368. The summed E-state index contributed by atoms with van der Waals surface area (Å²) in [6.45, 7) is 3.48. The number of benzene rings is 1. The Kier molecular flexibility index (Phi) is 7.21. The van der Waals surface area contributed by atoms with Gasteiger partial charge < -0.3 is 14.2 Å². The molecule has 0 spiro atoms. The molecule has 0 atom stereocenters. The molecule has 0 unspecified atom stereocenters. The molecular weight excluding hydrogens is 380 g/mol. The minimum absolute atomic E-state index is 0.167. The lowest BCUT2D eigenvalue weighted by molar-refractivity contribution is -0.139. The molecule has 148 valence electrons. The predicted octanol–water partition coefficient (Wildman–Crippen LogP) is 2.61. The number of aryl methyl sites for hydroxylation is 1. The van der Waals surface area contributed by atoms with E-state index in [1.54, 1.807) is 18.7 Å². The van der Waals surface area contributed by atoms with Crippen molar-refractivity contribution < 1.29 is 19.0 Å². The maximum absolute atomic E-state index is 11.6. The molecule has 0 N–H and O–H groups in total. The highest BCUT2D eigenvalue weighted by atomic mass is 32.2. The van der Waals surface area contributed by atoms with Crippen molar-refractivity contribution in [2.24, 2.45) is 7.05 Å². The van der Waals surface area contributed by atoms with Crippen LogP contribution in [0.4, 0.5) is 0 Å². The van der Waals surface area contributed by atoms with E-state index in [1.165, 1.54) is 18.1 Å². The number of hydrogen-bond donors (Lipinski definition) is 0. The van der Waals surface area contributed by atoms with Crippen LogP contribution in [0.3, 0.4) is 0 Å². The summed E-state index contributed by atoms with van der Waals surface area (Å²) in [5.74, 6) is 0.418. The third kappa shape index (κ3) is 5.20. The molecule has 3 aromatic rings. The number of thioether (sulfide) groups is 1. The highest BCUT2D eigenvalue weighted by Crippen LogP contribution is 2.29. The van der Waals surface area contributed by atoms with Crippen molar-refractivity contribution in [2.75, 3.05) is 25.6 Å². The van der Waals surface area contributed by atoms with Crippen molar-refractivity contribution in [3.8, 4) is 5.88 Å². The van der Waals surface area contributed by atoms with Crippen LogP contribution in [0.1, 0.15) is 12.5 Å². The second-order valence-corrected chi connectivity index (χ2v) is 6.75. The average Bonchev–Trinajstić information content (AvgIpc) is 3.03. The van der Waals surface area contributed by atoms with E-state index in [4.69, 9.17) is 14.2 Å². The first-order chi connectivity index (χ1) is 13.7. The van der Waals surface area contributed by atoms with Gasteiger partial charge in [0.1, 0.15) is 23.5 Å². The third-order valence-corrected chi connectivity index (χ3v) is 4.70. The van der Waals surface area contributed by atoms with Crippen LogP contribution in [-0.2, 0) is 27.9 Å². The van der Waals surface area contributed by atoms with Crippen LogP contribution in [0.15, 0.2) is 41.7 Å². The number of carbonyl (C=O) groups is 1. The summed E-state index contributed by atoms with van der Waals surface area (Å²) in [4.78, 5) is 20.1. The van der Waals surface area contributed by atoms with E-state index < -0.39 is 0 Å². The van der Waals surface area contributed by atoms with E-state index in [9.17, 15) is 4.79 Å². The van der Waals surface area contributed by atoms with Gasteiger partial charge in [0.2, 0.25) is 5.88 Å². The van der Waals surface area contributed by atoms with Crippen molar-refractivity contribution >= 4 is 28.8 Å². The SMILES string of the molecule is CCOC(=O)CSc1ncnc2c(OCCOCc3ccccc3)n(C)nc12. The van der Waals surface area contributed by atoms with E-state index in [0.717, 1.165) is 5.56 Å². The summed E-state index contributed by atoms with van der Waals surface area (Å²) in [6.07, 6.45) is 1.44. The van der Waals surface area contributed by atoms with Gasteiger partial charge in [-0.15, -0.1) is 0 Å². The van der Waals surface area contributed by atoms with E-state index >= 15 is 0 Å². The fourth-order valence-electron chi connectivity index (χ4n) is 2.52. The number of aromatic nitrogens is 4. The van der Waals surface area contributed by atoms with Gasteiger partial charge in [0.15, 0.2) is 5.52 Å². The minimum Gasteiger partial charge on any atom is -0.474 e. The van der Waals surface area contributed by atoms with Crippen LogP contribution in [0, 0.1) is 0 Å². The summed E-state index contributed by atoms with van der Waals surface area (Å²) in [5.41, 5.74) is 2.32. The Labute approximate surface area is 167 Å². The zero-order valence-electron chi connectivity index (χ0n) is 15.8. The first-order valence-corrected chi connectivity index (χ1v) is 9.88. The molecule has 0 fully saturated rings. The van der Waals surface area contributed by atoms with Crippen molar-refractivity contribution in [3.05, 3.63) is 42.2 Å². The minimum atomic E-state index is -0.290. The number of carbonyl (C=O) groups excluding carboxylic acids is 1. The van der Waals surface area contributed by atoms with Crippen molar-refractivity contribution in [3.63, 3.8) is 0 Å². The normalized spacial score (nSPS) is 10.9. The largest absolute Gasteiger partial charge is 0.474 e. The molecule has 0 aliphatic rings. The summed E-state index contributed by atoms with van der Waals surface area (Å²) in [6, 6.07) is 9.97. The summed E-state index contributed by atoms with van der Waals surface area (Å²) in [5, 5.41) is 5.05. The number of fused-ring (bicyclic) bond motifs is 1. The van der Waals surface area contributed by atoms with Gasteiger partial charge >= 0.3 is 5.97 Å². The Morgan fingerprint density at radius 3 is 2.75 bits per heavy atom. The molecule has 2 aromatic heterocycles. The molecule has 3 rings (SSSR count). The van der Waals surface area contributed by atoms with Gasteiger partial charge in [-0.25, -0.2) is 14.6 Å². The van der Waals surface area contributed by atoms with Gasteiger partial charge in [0.05, 0.1) is 25.6 Å². The van der Waals surface area contributed by atoms with Gasteiger partial charge in [-0.2, -0.15) is 5.10 Å². The van der Waals surface area contributed by atoms with Gasteiger partial charge in [-0.05, 0) is 12.5 Å². The van der Waals surface area contributed by atoms with Crippen LogP contribution in [0.5, 0.6) is 5.88 Å². The zero-order chi connectivity index (χ0) is 19.8. The van der Waals surface area contributed by atoms with Gasteiger partial charge in [-0.1, -0.05) is 42.1 Å². The van der Waals surface area contributed by atoms with Gasteiger partial charge in [-0.3, -0.25) is 4.79 Å². The average molecular weight is 402 g/mol. The van der Waals surface area contributed by atoms with Crippen molar-refractivity contribution in [1.29, 1.82) is 0 Å². The predicted molar refractivity (Wildman–Crippen MR) is 105 cm³/mol. The quantitative estimate of drug-likeness (QED) is 0.221. The van der Waals surface area contributed by atoms with E-state index in [2.05, 4.69) is 15.1 Å². The van der Waals surface area contributed by atoms with E-state index in [1.807, 2.05) is 30.3 Å². The monoisotopic (exact) mass is 402 g/mol. The van der Waals surface area contributed by atoms with Crippen LogP contribution in [0.2, 0.25) is 0 Å². The second kappa shape index (κ2) is 10.0. The third-order valence-electron chi connectivity index (χ3n) is 3.75. The molecule has 0 saturated carbocycles. The summed E-state index contributed by atoms with van der Waals surface area (Å²) < 4.78 is 18.0. The molecule has 2 heterocycles. The van der Waals surface area contributed by atoms with Crippen LogP contribution >= 0.6 is 11.8 Å². The Bertz CT molecular complexity index is 917. The van der Waals surface area contributed by atoms with Crippen LogP contribution in [0.25, 0.3) is 11.0 Å². The lowest BCUT2D eigenvalue weighted by Crippen LogP contribution is -2.09. The first-order valence-electron chi connectivity index (χ1n) is 8.89. The number of ether oxygens (including phenoxy) is 3. The first kappa shape index (κ1) is 20.1. The highest BCUT2D eigenvalue weighted by molar-refractivity contribution is 8.00. The lowest BCUT2D eigenvalue weighted by atomic mass is 10.2. The molecule has 0 aliphatic carbocycles. The van der Waals surface area contributed by atoms with Gasteiger partial charge in [0.25, 0.3) is 0 Å².